The van der Waals surface area contributed by atoms with Crippen LogP contribution in [0.4, 0.5) is 0 Å². The van der Waals surface area contributed by atoms with E-state index in [2.05, 4.69) is 11.3 Å². The summed E-state index contributed by atoms with van der Waals surface area (Å²) >= 11 is 0. The van der Waals surface area contributed by atoms with Crippen molar-refractivity contribution in [2.24, 2.45) is 0 Å². The molecule has 0 heterocycles. The molecule has 0 saturated heterocycles. The summed E-state index contributed by atoms with van der Waals surface area (Å²) < 4.78 is 4.17. The molecule has 1 aromatic rings. The number of carboxylic acid groups (broad SMARTS) is 1. The zero-order valence-corrected chi connectivity index (χ0v) is 10.6. The molecule has 0 bridgehead atoms. The number of aliphatic carboxylic acids is 1. The minimum Gasteiger partial charge on any atom is -0.481 e. The van der Waals surface area contributed by atoms with Crippen molar-refractivity contribution in [3.8, 4) is 0 Å². The highest BCUT2D eigenvalue weighted by atomic mass is 16.5. The Morgan fingerprint density at radius 3 is 2.22 bits per heavy atom. The minimum atomic E-state index is -0.747. The molecule has 0 fully saturated rings. The zero-order valence-electron chi connectivity index (χ0n) is 10.6. The number of hydrogen-bond donors (Lipinski definition) is 1. The lowest BCUT2D eigenvalue weighted by molar-refractivity contribution is -0.139. The third-order valence-electron chi connectivity index (χ3n) is 2.16. The maximum absolute atomic E-state index is 10.7. The van der Waals surface area contributed by atoms with Crippen LogP contribution in [0.15, 0.2) is 43.2 Å². The van der Waals surface area contributed by atoms with Gasteiger partial charge in [-0.15, -0.1) is 0 Å². The van der Waals surface area contributed by atoms with Gasteiger partial charge >= 0.3 is 11.9 Å². The van der Waals surface area contributed by atoms with Gasteiger partial charge in [-0.05, 0) is 12.0 Å². The number of esters is 1. The van der Waals surface area contributed by atoms with Gasteiger partial charge in [0.05, 0.1) is 12.2 Å². The molecule has 18 heavy (non-hydrogen) atoms. The lowest BCUT2D eigenvalue weighted by atomic mass is 9.97. The van der Waals surface area contributed by atoms with E-state index in [0.29, 0.717) is 6.42 Å². The smallest absolute Gasteiger partial charge is 0.310 e. The molecule has 98 valence electrons. The maximum atomic E-state index is 10.7. The van der Waals surface area contributed by atoms with Gasteiger partial charge in [0.15, 0.2) is 0 Å². The van der Waals surface area contributed by atoms with Crippen LogP contribution in [0.3, 0.4) is 0 Å². The van der Waals surface area contributed by atoms with Gasteiger partial charge in [0.2, 0.25) is 0 Å². The van der Waals surface area contributed by atoms with Gasteiger partial charge in [-0.2, -0.15) is 0 Å². The second-order valence-electron chi connectivity index (χ2n) is 3.49. The van der Waals surface area contributed by atoms with Crippen molar-refractivity contribution in [1.82, 2.24) is 0 Å². The van der Waals surface area contributed by atoms with Crippen LogP contribution >= 0.6 is 0 Å². The van der Waals surface area contributed by atoms with Crippen LogP contribution in [0.1, 0.15) is 31.7 Å². The molecule has 1 rings (SSSR count). The normalized spacial score (nSPS) is 10.6. The fourth-order valence-electron chi connectivity index (χ4n) is 1.36. The van der Waals surface area contributed by atoms with E-state index >= 15 is 0 Å². The Labute approximate surface area is 107 Å². The van der Waals surface area contributed by atoms with E-state index in [0.717, 1.165) is 11.8 Å². The molecule has 0 aromatic heterocycles. The quantitative estimate of drug-likeness (QED) is 0.659. The molecule has 0 saturated carbocycles. The summed E-state index contributed by atoms with van der Waals surface area (Å²) in [5.41, 5.74) is 0.882. The Morgan fingerprint density at radius 1 is 1.39 bits per heavy atom. The van der Waals surface area contributed by atoms with Gasteiger partial charge in [0.25, 0.3) is 0 Å². The van der Waals surface area contributed by atoms with Crippen molar-refractivity contribution in [1.29, 1.82) is 0 Å². The van der Waals surface area contributed by atoms with E-state index in [1.54, 1.807) is 0 Å². The van der Waals surface area contributed by atoms with E-state index in [1.165, 1.54) is 6.92 Å². The average Bonchev–Trinajstić information content (AvgIpc) is 2.31. The minimum absolute atomic E-state index is 0.329. The van der Waals surface area contributed by atoms with Gasteiger partial charge in [-0.25, -0.2) is 0 Å². The third kappa shape index (κ3) is 6.48. The topological polar surface area (TPSA) is 63.6 Å². The van der Waals surface area contributed by atoms with Crippen molar-refractivity contribution in [3.05, 3.63) is 48.7 Å². The summed E-state index contributed by atoms with van der Waals surface area (Å²) in [7, 11) is 0. The van der Waals surface area contributed by atoms with Gasteiger partial charge in [0, 0.05) is 6.92 Å². The van der Waals surface area contributed by atoms with Crippen molar-refractivity contribution < 1.29 is 19.4 Å². The predicted molar refractivity (Wildman–Crippen MR) is 69.1 cm³/mol. The number of carboxylic acids is 1. The van der Waals surface area contributed by atoms with Crippen LogP contribution in [0.2, 0.25) is 0 Å². The van der Waals surface area contributed by atoms with Crippen LogP contribution in [0, 0.1) is 0 Å². The highest BCUT2D eigenvalue weighted by molar-refractivity contribution is 5.75. The lowest BCUT2D eigenvalue weighted by Crippen LogP contribution is -2.09. The first-order chi connectivity index (χ1) is 8.52. The Bertz CT molecular complexity index is 384. The average molecular weight is 250 g/mol. The summed E-state index contributed by atoms with van der Waals surface area (Å²) in [5.74, 6) is -1.43. The largest absolute Gasteiger partial charge is 0.481 e. The van der Waals surface area contributed by atoms with E-state index in [4.69, 9.17) is 5.11 Å². The van der Waals surface area contributed by atoms with Crippen molar-refractivity contribution in [3.63, 3.8) is 0 Å². The SMILES string of the molecule is C=COC(C)=O.CCC(C(=O)O)c1ccccc1. The van der Waals surface area contributed by atoms with E-state index in [-0.39, 0.29) is 11.9 Å². The Morgan fingerprint density at radius 2 is 1.94 bits per heavy atom. The van der Waals surface area contributed by atoms with Crippen LogP contribution < -0.4 is 0 Å². The Kier molecular flexibility index (Phi) is 7.94. The Hall–Kier alpha value is -2.10. The number of carbonyl (C=O) groups is 2. The molecular weight excluding hydrogens is 232 g/mol. The first-order valence-corrected chi connectivity index (χ1v) is 5.58. The number of hydrogen-bond acceptors (Lipinski definition) is 3. The number of benzene rings is 1. The molecule has 0 aliphatic rings. The predicted octanol–water partition coefficient (Wildman–Crippen LogP) is 2.96. The maximum Gasteiger partial charge on any atom is 0.310 e. The first kappa shape index (κ1) is 15.9. The van der Waals surface area contributed by atoms with E-state index in [1.807, 2.05) is 37.3 Å². The fraction of sp³-hybridized carbons (Fsp3) is 0.286. The first-order valence-electron chi connectivity index (χ1n) is 5.58. The summed E-state index contributed by atoms with van der Waals surface area (Å²) in [6.07, 6.45) is 1.74. The summed E-state index contributed by atoms with van der Waals surface area (Å²) in [6.45, 7) is 6.36. The van der Waals surface area contributed by atoms with Crippen molar-refractivity contribution in [2.75, 3.05) is 0 Å². The van der Waals surface area contributed by atoms with Crippen molar-refractivity contribution in [2.45, 2.75) is 26.2 Å². The van der Waals surface area contributed by atoms with Crippen LogP contribution in [0.25, 0.3) is 0 Å². The van der Waals surface area contributed by atoms with Crippen LogP contribution in [0.5, 0.6) is 0 Å². The van der Waals surface area contributed by atoms with Crippen molar-refractivity contribution >= 4 is 11.9 Å². The fourth-order valence-corrected chi connectivity index (χ4v) is 1.36. The van der Waals surface area contributed by atoms with Crippen LogP contribution in [-0.2, 0) is 14.3 Å². The third-order valence-corrected chi connectivity index (χ3v) is 2.16. The van der Waals surface area contributed by atoms with Crippen LogP contribution in [-0.4, -0.2) is 17.0 Å². The molecule has 0 radical (unpaired) electrons. The number of carbonyl (C=O) groups excluding carboxylic acids is 1. The molecule has 1 atom stereocenters. The molecule has 4 nitrogen and oxygen atoms in total. The number of rotatable bonds is 4. The molecule has 0 amide bonds. The molecule has 1 N–H and O–H groups in total. The Balaban J connectivity index is 0.000000411. The zero-order chi connectivity index (χ0) is 14.0. The summed E-state index contributed by atoms with van der Waals surface area (Å²) in [4.78, 5) is 20.5. The molecule has 1 unspecified atom stereocenters. The monoisotopic (exact) mass is 250 g/mol. The second kappa shape index (κ2) is 8.98. The molecule has 0 aliphatic heterocycles. The molecule has 4 heteroatoms. The summed E-state index contributed by atoms with van der Waals surface area (Å²) in [5, 5.41) is 8.83. The van der Waals surface area contributed by atoms with E-state index in [9.17, 15) is 9.59 Å². The highest BCUT2D eigenvalue weighted by Crippen LogP contribution is 2.18. The van der Waals surface area contributed by atoms with Gasteiger partial charge in [0.1, 0.15) is 0 Å². The molecule has 0 spiro atoms. The lowest BCUT2D eigenvalue weighted by Gasteiger charge is -2.08. The molecular formula is C14H18O4. The van der Waals surface area contributed by atoms with E-state index < -0.39 is 5.97 Å². The molecule has 1 aromatic carbocycles. The molecule has 0 aliphatic carbocycles. The second-order valence-corrected chi connectivity index (χ2v) is 3.49. The van der Waals surface area contributed by atoms with Gasteiger partial charge < -0.3 is 9.84 Å². The highest BCUT2D eigenvalue weighted by Gasteiger charge is 2.16. The summed E-state index contributed by atoms with van der Waals surface area (Å²) in [6, 6.07) is 9.31. The number of ether oxygens (including phenoxy) is 1. The van der Waals surface area contributed by atoms with Gasteiger partial charge in [-0.1, -0.05) is 43.8 Å². The standard InChI is InChI=1S/C10H12O2.C4H6O2/c1-2-9(10(11)12)8-6-4-3-5-7-8;1-3-6-4(2)5/h3-7,9H,2H2,1H3,(H,11,12);3H,1H2,2H3. The van der Waals surface area contributed by atoms with Gasteiger partial charge in [-0.3, -0.25) is 9.59 Å².